The van der Waals surface area contributed by atoms with Crippen LogP contribution in [0.25, 0.3) is 0 Å². The molecule has 0 saturated heterocycles. The van der Waals surface area contributed by atoms with Crippen LogP contribution in [0, 0.1) is 0 Å². The number of hydrogen-bond acceptors (Lipinski definition) is 5. The first-order chi connectivity index (χ1) is 16.5. The molecule has 0 unspecified atom stereocenters. The fraction of sp³-hybridized carbons (Fsp3) is 0.269. The Morgan fingerprint density at radius 3 is 2.12 bits per heavy atom. The lowest BCUT2D eigenvalue weighted by molar-refractivity contribution is -0.118. The number of rotatable bonds is 10. The Kier molecular flexibility index (Phi) is 7.82. The molecular weight excluding hydrogens is 452 g/mol. The predicted molar refractivity (Wildman–Crippen MR) is 130 cm³/mol. The van der Waals surface area contributed by atoms with Crippen molar-refractivity contribution < 1.29 is 22.7 Å². The molecule has 1 aliphatic carbocycles. The molecule has 0 heterocycles. The van der Waals surface area contributed by atoms with Crippen LogP contribution in [-0.4, -0.2) is 27.0 Å². The molecular formula is C26H28N2O5S. The Hall–Kier alpha value is -3.36. The molecule has 178 valence electrons. The number of sulfonamides is 1. The molecule has 3 aromatic rings. The van der Waals surface area contributed by atoms with Crippen LogP contribution in [0.2, 0.25) is 0 Å². The highest BCUT2D eigenvalue weighted by atomic mass is 32.2. The predicted octanol–water partition coefficient (Wildman–Crippen LogP) is 4.50. The highest BCUT2D eigenvalue weighted by molar-refractivity contribution is 7.89. The second-order valence-corrected chi connectivity index (χ2v) is 9.92. The fourth-order valence-electron chi connectivity index (χ4n) is 3.77. The van der Waals surface area contributed by atoms with Crippen LogP contribution in [0.3, 0.4) is 0 Å². The van der Waals surface area contributed by atoms with Crippen molar-refractivity contribution in [1.82, 2.24) is 4.72 Å². The maximum Gasteiger partial charge on any atom is 0.262 e. The van der Waals surface area contributed by atoms with Gasteiger partial charge in [0.25, 0.3) is 5.91 Å². The molecule has 0 aliphatic heterocycles. The van der Waals surface area contributed by atoms with E-state index in [4.69, 9.17) is 9.47 Å². The fourth-order valence-corrected chi connectivity index (χ4v) is 5.07. The summed E-state index contributed by atoms with van der Waals surface area (Å²) in [7, 11) is -3.55. The zero-order chi connectivity index (χ0) is 23.8. The third kappa shape index (κ3) is 6.82. The third-order valence-electron chi connectivity index (χ3n) is 5.57. The number of benzene rings is 3. The summed E-state index contributed by atoms with van der Waals surface area (Å²) in [5.41, 5.74) is 1.70. The topological polar surface area (TPSA) is 93.7 Å². The lowest BCUT2D eigenvalue weighted by atomic mass is 10.2. The van der Waals surface area contributed by atoms with Crippen molar-refractivity contribution in [3.8, 4) is 11.5 Å². The SMILES string of the molecule is O=C(COc1ccc(S(=O)(=O)NC2CCCC2)cc1)Nc1ccc(OCc2ccccc2)cc1. The summed E-state index contributed by atoms with van der Waals surface area (Å²) in [5, 5.41) is 2.76. The van der Waals surface area contributed by atoms with Gasteiger partial charge in [0.15, 0.2) is 6.61 Å². The first-order valence-electron chi connectivity index (χ1n) is 11.3. The van der Waals surface area contributed by atoms with Crippen molar-refractivity contribution in [2.24, 2.45) is 0 Å². The minimum Gasteiger partial charge on any atom is -0.489 e. The molecule has 34 heavy (non-hydrogen) atoms. The number of amides is 1. The van der Waals surface area contributed by atoms with Crippen LogP contribution in [0.4, 0.5) is 5.69 Å². The summed E-state index contributed by atoms with van der Waals surface area (Å²) >= 11 is 0. The zero-order valence-corrected chi connectivity index (χ0v) is 19.6. The summed E-state index contributed by atoms with van der Waals surface area (Å²) < 4.78 is 39.0. The highest BCUT2D eigenvalue weighted by Crippen LogP contribution is 2.22. The molecule has 2 N–H and O–H groups in total. The van der Waals surface area contributed by atoms with Gasteiger partial charge in [-0.3, -0.25) is 4.79 Å². The van der Waals surface area contributed by atoms with Gasteiger partial charge >= 0.3 is 0 Å². The molecule has 1 saturated carbocycles. The maximum atomic E-state index is 12.5. The van der Waals surface area contributed by atoms with E-state index in [1.54, 1.807) is 36.4 Å². The molecule has 0 spiro atoms. The van der Waals surface area contributed by atoms with Gasteiger partial charge < -0.3 is 14.8 Å². The second kappa shape index (κ2) is 11.2. The Morgan fingerprint density at radius 1 is 0.824 bits per heavy atom. The number of carbonyl (C=O) groups is 1. The van der Waals surface area contributed by atoms with Crippen LogP contribution in [0.5, 0.6) is 11.5 Å². The summed E-state index contributed by atoms with van der Waals surface area (Å²) in [6.07, 6.45) is 3.85. The molecule has 0 aromatic heterocycles. The normalized spacial score (nSPS) is 14.0. The van der Waals surface area contributed by atoms with Crippen molar-refractivity contribution in [3.63, 3.8) is 0 Å². The average molecular weight is 481 g/mol. The van der Waals surface area contributed by atoms with Crippen LogP contribution in [0.15, 0.2) is 83.8 Å². The number of nitrogens with one attached hydrogen (secondary N) is 2. The number of carbonyl (C=O) groups excluding carboxylic acids is 1. The zero-order valence-electron chi connectivity index (χ0n) is 18.8. The Labute approximate surface area is 200 Å². The molecule has 1 aliphatic rings. The van der Waals surface area contributed by atoms with E-state index >= 15 is 0 Å². The van der Waals surface area contributed by atoms with Gasteiger partial charge in [0, 0.05) is 11.7 Å². The smallest absolute Gasteiger partial charge is 0.262 e. The van der Waals surface area contributed by atoms with Crippen LogP contribution >= 0.6 is 0 Å². The first kappa shape index (κ1) is 23.8. The summed E-state index contributed by atoms with van der Waals surface area (Å²) in [6, 6.07) is 23.0. The van der Waals surface area contributed by atoms with Crippen molar-refractivity contribution in [1.29, 1.82) is 0 Å². The van der Waals surface area contributed by atoms with E-state index in [1.165, 1.54) is 12.1 Å². The van der Waals surface area contributed by atoms with E-state index < -0.39 is 10.0 Å². The molecule has 0 atom stereocenters. The second-order valence-electron chi connectivity index (χ2n) is 8.21. The molecule has 1 amide bonds. The average Bonchev–Trinajstić information content (AvgIpc) is 3.36. The van der Waals surface area contributed by atoms with E-state index in [-0.39, 0.29) is 23.5 Å². The van der Waals surface area contributed by atoms with E-state index in [2.05, 4.69) is 10.0 Å². The van der Waals surface area contributed by atoms with E-state index in [0.717, 1.165) is 31.2 Å². The van der Waals surface area contributed by atoms with Gasteiger partial charge in [-0.1, -0.05) is 43.2 Å². The summed E-state index contributed by atoms with van der Waals surface area (Å²) in [5.74, 6) is 0.799. The minimum absolute atomic E-state index is 0.00844. The van der Waals surface area contributed by atoms with Gasteiger partial charge in [0.05, 0.1) is 4.90 Å². The van der Waals surface area contributed by atoms with Gasteiger partial charge in [0.2, 0.25) is 10.0 Å². The quantitative estimate of drug-likeness (QED) is 0.446. The van der Waals surface area contributed by atoms with Crippen molar-refractivity contribution >= 4 is 21.6 Å². The van der Waals surface area contributed by atoms with Crippen molar-refractivity contribution in [3.05, 3.63) is 84.4 Å². The third-order valence-corrected chi connectivity index (χ3v) is 7.10. The highest BCUT2D eigenvalue weighted by Gasteiger charge is 2.22. The van der Waals surface area contributed by atoms with E-state index in [9.17, 15) is 13.2 Å². The van der Waals surface area contributed by atoms with Crippen molar-refractivity contribution in [2.75, 3.05) is 11.9 Å². The minimum atomic E-state index is -3.55. The molecule has 3 aromatic carbocycles. The molecule has 0 bridgehead atoms. The summed E-state index contributed by atoms with van der Waals surface area (Å²) in [6.45, 7) is 0.274. The monoisotopic (exact) mass is 480 g/mol. The Balaban J connectivity index is 1.22. The van der Waals surface area contributed by atoms with Gasteiger partial charge in [-0.2, -0.15) is 0 Å². The Morgan fingerprint density at radius 2 is 1.44 bits per heavy atom. The van der Waals surface area contributed by atoms with Crippen LogP contribution in [0.1, 0.15) is 31.2 Å². The lowest BCUT2D eigenvalue weighted by Crippen LogP contribution is -2.32. The van der Waals surface area contributed by atoms with Crippen molar-refractivity contribution in [2.45, 2.75) is 43.2 Å². The molecule has 0 radical (unpaired) electrons. The lowest BCUT2D eigenvalue weighted by Gasteiger charge is -2.13. The first-order valence-corrected chi connectivity index (χ1v) is 12.8. The van der Waals surface area contributed by atoms with Crippen LogP contribution in [-0.2, 0) is 21.4 Å². The largest absolute Gasteiger partial charge is 0.489 e. The standard InChI is InChI=1S/C26H28N2O5S/c29-26(27-21-10-12-23(13-11-21)32-18-20-6-2-1-3-7-20)19-33-24-14-16-25(17-15-24)34(30,31)28-22-8-4-5-9-22/h1-3,6-7,10-17,22,28H,4-5,8-9,18-19H2,(H,27,29). The Bertz CT molecular complexity index is 1170. The number of ether oxygens (including phenoxy) is 2. The van der Waals surface area contributed by atoms with Gasteiger partial charge in [-0.05, 0) is 66.9 Å². The van der Waals surface area contributed by atoms with Gasteiger partial charge in [0.1, 0.15) is 18.1 Å². The molecule has 7 nitrogen and oxygen atoms in total. The number of anilines is 1. The maximum absolute atomic E-state index is 12.5. The number of hydrogen-bond donors (Lipinski definition) is 2. The van der Waals surface area contributed by atoms with Crippen LogP contribution < -0.4 is 19.5 Å². The van der Waals surface area contributed by atoms with E-state index in [0.29, 0.717) is 23.8 Å². The molecule has 1 fully saturated rings. The van der Waals surface area contributed by atoms with Gasteiger partial charge in [-0.25, -0.2) is 13.1 Å². The molecule has 8 heteroatoms. The van der Waals surface area contributed by atoms with E-state index in [1.807, 2.05) is 30.3 Å². The van der Waals surface area contributed by atoms with Gasteiger partial charge in [-0.15, -0.1) is 0 Å². The summed E-state index contributed by atoms with van der Waals surface area (Å²) in [4.78, 5) is 12.4. The molecule has 4 rings (SSSR count).